The molecule has 0 N–H and O–H groups in total. The van der Waals surface area contributed by atoms with Crippen LogP contribution in [0.25, 0.3) is 5.70 Å². The molecule has 0 saturated carbocycles. The number of hydrogen-bond acceptors (Lipinski definition) is 3. The van der Waals surface area contributed by atoms with Crippen LogP contribution >= 0.6 is 15.9 Å². The van der Waals surface area contributed by atoms with E-state index >= 15 is 0 Å². The topological polar surface area (TPSA) is 36.3 Å². The van der Waals surface area contributed by atoms with E-state index < -0.39 is 0 Å². The zero-order chi connectivity index (χ0) is 16.8. The summed E-state index contributed by atoms with van der Waals surface area (Å²) in [5.41, 5.74) is 1.75. The SMILES string of the molecule is C=C(c1ccccc1OCCOc1ccc(Br)cc1)n1ccnc1. The van der Waals surface area contributed by atoms with E-state index in [1.165, 1.54) is 0 Å². The van der Waals surface area contributed by atoms with Crippen LogP contribution in [0.3, 0.4) is 0 Å². The first-order valence-corrected chi connectivity index (χ1v) is 8.31. The van der Waals surface area contributed by atoms with Crippen molar-refractivity contribution in [3.05, 3.63) is 83.9 Å². The number of para-hydroxylation sites is 1. The molecule has 0 amide bonds. The van der Waals surface area contributed by atoms with E-state index in [0.29, 0.717) is 13.2 Å². The molecule has 24 heavy (non-hydrogen) atoms. The Balaban J connectivity index is 1.59. The van der Waals surface area contributed by atoms with Gasteiger partial charge < -0.3 is 14.0 Å². The summed E-state index contributed by atoms with van der Waals surface area (Å²) in [6.07, 6.45) is 5.30. The van der Waals surface area contributed by atoms with E-state index in [1.807, 2.05) is 59.3 Å². The third kappa shape index (κ3) is 4.06. The standard InChI is InChI=1S/C19H17BrN2O2/c1-15(22-11-10-21-14-22)18-4-2-3-5-19(18)24-13-12-23-17-8-6-16(20)7-9-17/h2-11,14H,1,12-13H2. The molecule has 4 nitrogen and oxygen atoms in total. The fourth-order valence-corrected chi connectivity index (χ4v) is 2.50. The van der Waals surface area contributed by atoms with Gasteiger partial charge in [-0.05, 0) is 36.4 Å². The molecular weight excluding hydrogens is 368 g/mol. The molecule has 0 atom stereocenters. The summed E-state index contributed by atoms with van der Waals surface area (Å²) in [5, 5.41) is 0. The lowest BCUT2D eigenvalue weighted by molar-refractivity contribution is 0.216. The third-order valence-electron chi connectivity index (χ3n) is 3.44. The molecule has 3 rings (SSSR count). The lowest BCUT2D eigenvalue weighted by atomic mass is 10.1. The Hall–Kier alpha value is -2.53. The largest absolute Gasteiger partial charge is 0.490 e. The molecule has 122 valence electrons. The second kappa shape index (κ2) is 7.84. The first-order chi connectivity index (χ1) is 11.7. The van der Waals surface area contributed by atoms with E-state index in [2.05, 4.69) is 27.5 Å². The van der Waals surface area contributed by atoms with Crippen LogP contribution in [0.1, 0.15) is 5.56 Å². The minimum Gasteiger partial charge on any atom is -0.490 e. The van der Waals surface area contributed by atoms with Crippen molar-refractivity contribution in [2.24, 2.45) is 0 Å². The molecule has 0 aliphatic rings. The second-order valence-corrected chi connectivity index (χ2v) is 5.98. The summed E-state index contributed by atoms with van der Waals surface area (Å²) in [4.78, 5) is 4.05. The molecule has 0 bridgehead atoms. The van der Waals surface area contributed by atoms with Gasteiger partial charge in [-0.15, -0.1) is 0 Å². The number of hydrogen-bond donors (Lipinski definition) is 0. The molecule has 0 unspecified atom stereocenters. The maximum atomic E-state index is 5.87. The zero-order valence-corrected chi connectivity index (χ0v) is 14.6. The summed E-state index contributed by atoms with van der Waals surface area (Å²) < 4.78 is 14.4. The number of benzene rings is 2. The van der Waals surface area contributed by atoms with Gasteiger partial charge in [-0.2, -0.15) is 0 Å². The van der Waals surface area contributed by atoms with Crippen LogP contribution in [-0.2, 0) is 0 Å². The van der Waals surface area contributed by atoms with Gasteiger partial charge in [0.05, 0.1) is 12.0 Å². The molecule has 0 aliphatic carbocycles. The Morgan fingerprint density at radius 1 is 1.04 bits per heavy atom. The summed E-state index contributed by atoms with van der Waals surface area (Å²) in [5.74, 6) is 1.59. The minimum absolute atomic E-state index is 0.449. The highest BCUT2D eigenvalue weighted by molar-refractivity contribution is 9.10. The van der Waals surface area contributed by atoms with E-state index in [9.17, 15) is 0 Å². The Morgan fingerprint density at radius 2 is 1.79 bits per heavy atom. The van der Waals surface area contributed by atoms with Crippen molar-refractivity contribution >= 4 is 21.6 Å². The van der Waals surface area contributed by atoms with E-state index in [-0.39, 0.29) is 0 Å². The number of rotatable bonds is 7. The van der Waals surface area contributed by atoms with Gasteiger partial charge >= 0.3 is 0 Å². The Labute approximate surface area is 149 Å². The van der Waals surface area contributed by atoms with Gasteiger partial charge in [-0.1, -0.05) is 34.6 Å². The molecule has 2 aromatic carbocycles. The number of ether oxygens (including phenoxy) is 2. The predicted octanol–water partition coefficient (Wildman–Crippen LogP) is 4.62. The zero-order valence-electron chi connectivity index (χ0n) is 13.1. The second-order valence-electron chi connectivity index (χ2n) is 5.06. The van der Waals surface area contributed by atoms with Crippen molar-refractivity contribution in [2.75, 3.05) is 13.2 Å². The van der Waals surface area contributed by atoms with Gasteiger partial charge in [0.2, 0.25) is 0 Å². The number of aromatic nitrogens is 2. The summed E-state index contributed by atoms with van der Waals surface area (Å²) in [7, 11) is 0. The molecule has 3 aromatic rings. The van der Waals surface area contributed by atoms with Crippen molar-refractivity contribution in [3.8, 4) is 11.5 Å². The highest BCUT2D eigenvalue weighted by atomic mass is 79.9. The van der Waals surface area contributed by atoms with Crippen molar-refractivity contribution in [1.82, 2.24) is 9.55 Å². The smallest absolute Gasteiger partial charge is 0.128 e. The highest BCUT2D eigenvalue weighted by Gasteiger charge is 2.08. The maximum absolute atomic E-state index is 5.87. The summed E-state index contributed by atoms with van der Waals surface area (Å²) in [6.45, 7) is 5.03. The molecule has 1 heterocycles. The molecule has 0 fully saturated rings. The van der Waals surface area contributed by atoms with Crippen LogP contribution in [0.4, 0.5) is 0 Å². The number of imidazole rings is 1. The van der Waals surface area contributed by atoms with Crippen LogP contribution in [0, 0.1) is 0 Å². The molecular formula is C19H17BrN2O2. The predicted molar refractivity (Wildman–Crippen MR) is 98.2 cm³/mol. The number of nitrogens with zero attached hydrogens (tertiary/aromatic N) is 2. The van der Waals surface area contributed by atoms with Gasteiger partial charge in [0, 0.05) is 22.4 Å². The Morgan fingerprint density at radius 3 is 2.54 bits per heavy atom. The molecule has 0 aliphatic heterocycles. The van der Waals surface area contributed by atoms with E-state index in [4.69, 9.17) is 9.47 Å². The quantitative estimate of drug-likeness (QED) is 0.557. The van der Waals surface area contributed by atoms with E-state index in [0.717, 1.165) is 27.2 Å². The molecule has 0 saturated heterocycles. The number of halogens is 1. The van der Waals surface area contributed by atoms with Crippen molar-refractivity contribution in [1.29, 1.82) is 0 Å². The fourth-order valence-electron chi connectivity index (χ4n) is 2.23. The third-order valence-corrected chi connectivity index (χ3v) is 3.97. The van der Waals surface area contributed by atoms with Crippen LogP contribution in [0.2, 0.25) is 0 Å². The van der Waals surface area contributed by atoms with Gasteiger partial charge in [0.1, 0.15) is 24.7 Å². The van der Waals surface area contributed by atoms with Crippen molar-refractivity contribution in [3.63, 3.8) is 0 Å². The van der Waals surface area contributed by atoms with Gasteiger partial charge in [-0.3, -0.25) is 0 Å². The molecule has 5 heteroatoms. The molecule has 0 spiro atoms. The van der Waals surface area contributed by atoms with Gasteiger partial charge in [-0.25, -0.2) is 4.98 Å². The minimum atomic E-state index is 0.449. The first-order valence-electron chi connectivity index (χ1n) is 7.52. The molecule has 1 aromatic heterocycles. The average Bonchev–Trinajstić information content (AvgIpc) is 3.15. The van der Waals surface area contributed by atoms with E-state index in [1.54, 1.807) is 12.5 Å². The Bertz CT molecular complexity index is 798. The monoisotopic (exact) mass is 384 g/mol. The van der Waals surface area contributed by atoms with Crippen LogP contribution in [-0.4, -0.2) is 22.8 Å². The van der Waals surface area contributed by atoms with Crippen LogP contribution in [0.5, 0.6) is 11.5 Å². The fraction of sp³-hybridized carbons (Fsp3) is 0.105. The highest BCUT2D eigenvalue weighted by Crippen LogP contribution is 2.26. The van der Waals surface area contributed by atoms with Crippen LogP contribution < -0.4 is 9.47 Å². The lowest BCUT2D eigenvalue weighted by Crippen LogP contribution is -2.10. The lowest BCUT2D eigenvalue weighted by Gasteiger charge is -2.14. The normalized spacial score (nSPS) is 10.4. The first kappa shape index (κ1) is 16.3. The van der Waals surface area contributed by atoms with Gasteiger partial charge in [0.15, 0.2) is 0 Å². The maximum Gasteiger partial charge on any atom is 0.128 e. The summed E-state index contributed by atoms with van der Waals surface area (Å²) in [6, 6.07) is 15.5. The summed E-state index contributed by atoms with van der Waals surface area (Å²) >= 11 is 3.40. The van der Waals surface area contributed by atoms with Crippen LogP contribution in [0.15, 0.2) is 78.3 Å². The molecule has 0 radical (unpaired) electrons. The van der Waals surface area contributed by atoms with Gasteiger partial charge in [0.25, 0.3) is 0 Å². The average molecular weight is 385 g/mol. The Kier molecular flexibility index (Phi) is 5.33. The van der Waals surface area contributed by atoms with Crippen molar-refractivity contribution < 1.29 is 9.47 Å². The van der Waals surface area contributed by atoms with Crippen molar-refractivity contribution in [2.45, 2.75) is 0 Å².